The first kappa shape index (κ1) is 19.9. The van der Waals surface area contributed by atoms with Crippen LogP contribution in [0.4, 0.5) is 0 Å². The molecule has 1 rings (SSSR count). The highest BCUT2D eigenvalue weighted by Crippen LogP contribution is 2.21. The smallest absolute Gasteiger partial charge is 0.0321 e. The van der Waals surface area contributed by atoms with Gasteiger partial charge in [0.15, 0.2) is 0 Å². The van der Waals surface area contributed by atoms with E-state index in [9.17, 15) is 0 Å². The van der Waals surface area contributed by atoms with Crippen LogP contribution in [0, 0.1) is 0 Å². The standard InChI is InChI=1S/C12H17N3.2C2H6/c1-4-10(7-14-3)11-5-6-15-8-12(11)9(2)13;2*1-2/h4-9H,13H2,1-3H3;2*1-2H3/b10-4+,14-7?;;. The van der Waals surface area contributed by atoms with Crippen LogP contribution in [0.1, 0.15) is 58.7 Å². The van der Waals surface area contributed by atoms with E-state index in [0.29, 0.717) is 0 Å². The zero-order valence-electron chi connectivity index (χ0n) is 13.4. The molecule has 1 aromatic rings. The zero-order chi connectivity index (χ0) is 15.3. The van der Waals surface area contributed by atoms with Gasteiger partial charge in [0.25, 0.3) is 0 Å². The first-order valence-corrected chi connectivity index (χ1v) is 6.99. The molecule has 108 valence electrons. The van der Waals surface area contributed by atoms with Gasteiger partial charge in [-0.15, -0.1) is 0 Å². The maximum absolute atomic E-state index is 5.89. The van der Waals surface area contributed by atoms with Gasteiger partial charge in [0, 0.05) is 31.7 Å². The third kappa shape index (κ3) is 6.87. The predicted molar refractivity (Wildman–Crippen MR) is 87.6 cm³/mol. The number of nitrogens with two attached hydrogens (primary N) is 1. The van der Waals surface area contributed by atoms with Crippen molar-refractivity contribution in [2.24, 2.45) is 10.7 Å². The highest BCUT2D eigenvalue weighted by atomic mass is 14.7. The molecular weight excluding hydrogens is 234 g/mol. The maximum atomic E-state index is 5.89. The largest absolute Gasteiger partial charge is 0.324 e. The Bertz CT molecular complexity index is 379. The first-order valence-electron chi connectivity index (χ1n) is 6.99. The van der Waals surface area contributed by atoms with Gasteiger partial charge in [0.2, 0.25) is 0 Å². The number of aromatic nitrogens is 1. The van der Waals surface area contributed by atoms with Gasteiger partial charge in [-0.2, -0.15) is 0 Å². The maximum Gasteiger partial charge on any atom is 0.0321 e. The molecule has 2 N–H and O–H groups in total. The highest BCUT2D eigenvalue weighted by Gasteiger charge is 2.08. The molecular formula is C16H29N3. The topological polar surface area (TPSA) is 51.3 Å². The molecule has 0 bridgehead atoms. The molecule has 0 fully saturated rings. The average Bonchev–Trinajstić information content (AvgIpc) is 2.49. The summed E-state index contributed by atoms with van der Waals surface area (Å²) in [6, 6.07) is 1.95. The molecule has 3 heteroatoms. The van der Waals surface area contributed by atoms with Crippen molar-refractivity contribution < 1.29 is 0 Å². The van der Waals surface area contributed by atoms with Crippen LogP contribution in [0.15, 0.2) is 29.5 Å². The Kier molecular flexibility index (Phi) is 13.5. The summed E-state index contributed by atoms with van der Waals surface area (Å²) in [7, 11) is 1.76. The third-order valence-corrected chi connectivity index (χ3v) is 2.23. The average molecular weight is 263 g/mol. The summed E-state index contributed by atoms with van der Waals surface area (Å²) in [5.74, 6) is 0. The molecule has 1 unspecified atom stereocenters. The SMILES string of the molecule is C/C=C(\C=NC)c1ccncc1C(C)N.CC.CC. The summed E-state index contributed by atoms with van der Waals surface area (Å²) in [6.07, 6.45) is 7.44. The van der Waals surface area contributed by atoms with Gasteiger partial charge < -0.3 is 5.73 Å². The van der Waals surface area contributed by atoms with E-state index in [4.69, 9.17) is 5.73 Å². The molecule has 19 heavy (non-hydrogen) atoms. The molecule has 0 aliphatic heterocycles. The minimum absolute atomic E-state index is 0.0195. The molecule has 0 aromatic carbocycles. The van der Waals surface area contributed by atoms with Crippen LogP contribution < -0.4 is 5.73 Å². The Morgan fingerprint density at radius 1 is 1.32 bits per heavy atom. The van der Waals surface area contributed by atoms with E-state index in [1.807, 2.05) is 66.1 Å². The van der Waals surface area contributed by atoms with E-state index in [-0.39, 0.29) is 6.04 Å². The molecule has 3 nitrogen and oxygen atoms in total. The van der Waals surface area contributed by atoms with Gasteiger partial charge in [0.1, 0.15) is 0 Å². The second-order valence-electron chi connectivity index (χ2n) is 3.38. The zero-order valence-corrected chi connectivity index (χ0v) is 13.4. The van der Waals surface area contributed by atoms with E-state index in [2.05, 4.69) is 9.98 Å². The fraction of sp³-hybridized carbons (Fsp3) is 0.500. The number of aliphatic imine (C=N–C) groups is 1. The van der Waals surface area contributed by atoms with Crippen LogP contribution in [0.25, 0.3) is 5.57 Å². The van der Waals surface area contributed by atoms with Crippen molar-refractivity contribution in [1.82, 2.24) is 4.98 Å². The van der Waals surface area contributed by atoms with Crippen LogP contribution in [-0.4, -0.2) is 18.2 Å². The normalized spacial score (nSPS) is 12.1. The lowest BCUT2D eigenvalue weighted by atomic mass is 9.98. The molecule has 0 saturated heterocycles. The fourth-order valence-corrected chi connectivity index (χ4v) is 1.47. The van der Waals surface area contributed by atoms with Gasteiger partial charge in [-0.1, -0.05) is 33.8 Å². The van der Waals surface area contributed by atoms with Gasteiger partial charge in [-0.25, -0.2) is 0 Å². The summed E-state index contributed by atoms with van der Waals surface area (Å²) >= 11 is 0. The summed E-state index contributed by atoms with van der Waals surface area (Å²) < 4.78 is 0. The van der Waals surface area contributed by atoms with Crippen LogP contribution >= 0.6 is 0 Å². The van der Waals surface area contributed by atoms with Crippen molar-refractivity contribution in [3.05, 3.63) is 35.7 Å². The summed E-state index contributed by atoms with van der Waals surface area (Å²) in [5, 5.41) is 0. The van der Waals surface area contributed by atoms with E-state index < -0.39 is 0 Å². The predicted octanol–water partition coefficient (Wildman–Crippen LogP) is 4.26. The molecule has 1 heterocycles. The van der Waals surface area contributed by atoms with E-state index in [1.165, 1.54) is 0 Å². The number of allylic oxidation sites excluding steroid dienone is 2. The Hall–Kier alpha value is -1.48. The second kappa shape index (κ2) is 13.0. The lowest BCUT2D eigenvalue weighted by Gasteiger charge is -2.11. The van der Waals surface area contributed by atoms with Crippen molar-refractivity contribution in [3.63, 3.8) is 0 Å². The van der Waals surface area contributed by atoms with Crippen molar-refractivity contribution >= 4 is 11.8 Å². The van der Waals surface area contributed by atoms with Crippen molar-refractivity contribution in [1.29, 1.82) is 0 Å². The van der Waals surface area contributed by atoms with E-state index in [0.717, 1.165) is 16.7 Å². The van der Waals surface area contributed by atoms with Crippen LogP contribution in [0.5, 0.6) is 0 Å². The monoisotopic (exact) mass is 263 g/mol. The summed E-state index contributed by atoms with van der Waals surface area (Å²) in [4.78, 5) is 8.12. The number of pyridine rings is 1. The Morgan fingerprint density at radius 3 is 2.32 bits per heavy atom. The van der Waals surface area contributed by atoms with Crippen LogP contribution in [0.2, 0.25) is 0 Å². The van der Waals surface area contributed by atoms with Crippen LogP contribution in [-0.2, 0) is 0 Å². The van der Waals surface area contributed by atoms with Gasteiger partial charge in [-0.05, 0) is 36.6 Å². The van der Waals surface area contributed by atoms with Crippen molar-refractivity contribution in [2.75, 3.05) is 7.05 Å². The molecule has 1 aromatic heterocycles. The third-order valence-electron chi connectivity index (χ3n) is 2.23. The Morgan fingerprint density at radius 2 is 1.89 bits per heavy atom. The second-order valence-corrected chi connectivity index (χ2v) is 3.38. The molecule has 0 amide bonds. The number of hydrogen-bond acceptors (Lipinski definition) is 3. The lowest BCUT2D eigenvalue weighted by Crippen LogP contribution is -2.08. The molecule has 0 radical (unpaired) electrons. The molecule has 1 atom stereocenters. The molecule has 0 aliphatic rings. The Balaban J connectivity index is 0. The van der Waals surface area contributed by atoms with Crippen molar-refractivity contribution in [2.45, 2.75) is 47.6 Å². The van der Waals surface area contributed by atoms with Gasteiger partial charge in [0.05, 0.1) is 0 Å². The van der Waals surface area contributed by atoms with Crippen molar-refractivity contribution in [3.8, 4) is 0 Å². The number of hydrogen-bond donors (Lipinski definition) is 1. The van der Waals surface area contributed by atoms with E-state index in [1.54, 1.807) is 13.2 Å². The minimum atomic E-state index is -0.0195. The van der Waals surface area contributed by atoms with Gasteiger partial charge >= 0.3 is 0 Å². The van der Waals surface area contributed by atoms with E-state index >= 15 is 0 Å². The number of nitrogens with zero attached hydrogens (tertiary/aromatic N) is 2. The van der Waals surface area contributed by atoms with Gasteiger partial charge in [-0.3, -0.25) is 9.98 Å². The fourth-order valence-electron chi connectivity index (χ4n) is 1.47. The quantitative estimate of drug-likeness (QED) is 0.828. The molecule has 0 saturated carbocycles. The summed E-state index contributed by atoms with van der Waals surface area (Å²) in [5.41, 5.74) is 9.12. The Labute approximate surface area is 118 Å². The van der Waals surface area contributed by atoms with Crippen LogP contribution in [0.3, 0.4) is 0 Å². The lowest BCUT2D eigenvalue weighted by molar-refractivity contribution is 0.808. The first-order chi connectivity index (χ1) is 9.20. The summed E-state index contributed by atoms with van der Waals surface area (Å²) in [6.45, 7) is 11.9. The minimum Gasteiger partial charge on any atom is -0.324 e. The highest BCUT2D eigenvalue weighted by molar-refractivity contribution is 6.10. The molecule has 0 aliphatic carbocycles. The number of rotatable bonds is 3. The molecule has 0 spiro atoms.